The van der Waals surface area contributed by atoms with E-state index < -0.39 is 6.09 Å². The van der Waals surface area contributed by atoms with Gasteiger partial charge < -0.3 is 14.7 Å². The van der Waals surface area contributed by atoms with E-state index >= 15 is 0 Å². The predicted molar refractivity (Wildman–Crippen MR) is 75.7 cm³/mol. The quantitative estimate of drug-likeness (QED) is 0.684. The third-order valence-corrected chi connectivity index (χ3v) is 3.01. The molecule has 0 radical (unpaired) electrons. The maximum atomic E-state index is 11.1. The van der Waals surface area contributed by atoms with Crippen LogP contribution in [0.2, 0.25) is 0 Å². The summed E-state index contributed by atoms with van der Waals surface area (Å²) >= 11 is 0. The summed E-state index contributed by atoms with van der Waals surface area (Å²) in [6.07, 6.45) is 2.18. The van der Waals surface area contributed by atoms with Crippen molar-refractivity contribution in [2.75, 3.05) is 12.4 Å². The number of fused-ring (bicyclic) bond motifs is 1. The highest BCUT2D eigenvalue weighted by atomic mass is 16.5. The van der Waals surface area contributed by atoms with E-state index in [1.54, 1.807) is 0 Å². The highest BCUT2D eigenvalue weighted by Gasteiger charge is 2.07. The topological polar surface area (TPSA) is 82.8 Å². The number of rotatable bonds is 3. The number of aromatic nitrogens is 3. The van der Waals surface area contributed by atoms with Crippen LogP contribution in [0.3, 0.4) is 0 Å². The molecule has 3 aromatic rings. The summed E-state index contributed by atoms with van der Waals surface area (Å²) in [5, 5.41) is 2.51. The Kier molecular flexibility index (Phi) is 3.12. The highest BCUT2D eigenvalue weighted by molar-refractivity contribution is 5.86. The number of ether oxygens (including phenoxy) is 1. The van der Waals surface area contributed by atoms with Crippen molar-refractivity contribution in [1.29, 1.82) is 0 Å². The van der Waals surface area contributed by atoms with Crippen molar-refractivity contribution in [3.63, 3.8) is 0 Å². The second-order valence-electron chi connectivity index (χ2n) is 4.43. The fourth-order valence-electron chi connectivity index (χ4n) is 2.07. The number of benzene rings is 1. The number of carbonyl (C=O) groups is 1. The van der Waals surface area contributed by atoms with Crippen LogP contribution in [0.4, 0.5) is 10.7 Å². The normalized spacial score (nSPS) is 10.7. The largest absolute Gasteiger partial charge is 0.453 e. The standard InChI is InChI=1S/C14H14N4O2/c1-20-14(19)18-13-16-11-5-4-9(8-12(11)17-13)7-10-3-2-6-15-10/h2-6,8,15H,7H2,1H3,(H2,16,17,18,19). The van der Waals surface area contributed by atoms with Gasteiger partial charge in [0.15, 0.2) is 0 Å². The first-order chi connectivity index (χ1) is 9.74. The molecule has 6 heteroatoms. The zero-order valence-electron chi connectivity index (χ0n) is 10.9. The van der Waals surface area contributed by atoms with Gasteiger partial charge >= 0.3 is 6.09 Å². The van der Waals surface area contributed by atoms with Gasteiger partial charge in [-0.2, -0.15) is 0 Å². The zero-order valence-corrected chi connectivity index (χ0v) is 10.9. The Morgan fingerprint density at radius 3 is 3.05 bits per heavy atom. The Balaban J connectivity index is 1.85. The Bertz CT molecular complexity index is 731. The van der Waals surface area contributed by atoms with Crippen LogP contribution in [0, 0.1) is 0 Å². The number of nitrogens with zero attached hydrogens (tertiary/aromatic N) is 1. The average Bonchev–Trinajstić information content (AvgIpc) is 3.07. The Labute approximate surface area is 115 Å². The molecule has 3 rings (SSSR count). The SMILES string of the molecule is COC(=O)Nc1nc2ccc(Cc3ccc[nH]3)cc2[nH]1. The van der Waals surface area contributed by atoms with Gasteiger partial charge in [0.1, 0.15) is 0 Å². The van der Waals surface area contributed by atoms with Crippen molar-refractivity contribution in [3.05, 3.63) is 47.8 Å². The van der Waals surface area contributed by atoms with Gasteiger partial charge in [0.05, 0.1) is 18.1 Å². The lowest BCUT2D eigenvalue weighted by molar-refractivity contribution is 0.186. The second-order valence-corrected chi connectivity index (χ2v) is 4.43. The van der Waals surface area contributed by atoms with E-state index in [4.69, 9.17) is 0 Å². The molecule has 0 unspecified atom stereocenters. The van der Waals surface area contributed by atoms with Crippen molar-refractivity contribution in [3.8, 4) is 0 Å². The van der Waals surface area contributed by atoms with Gasteiger partial charge in [0, 0.05) is 18.3 Å². The van der Waals surface area contributed by atoms with Crippen molar-refractivity contribution >= 4 is 23.1 Å². The zero-order chi connectivity index (χ0) is 13.9. The molecule has 2 heterocycles. The maximum absolute atomic E-state index is 11.1. The molecule has 0 aliphatic carbocycles. The first-order valence-electron chi connectivity index (χ1n) is 6.20. The van der Waals surface area contributed by atoms with E-state index in [9.17, 15) is 4.79 Å². The fourth-order valence-corrected chi connectivity index (χ4v) is 2.07. The number of H-pyrrole nitrogens is 2. The number of imidazole rings is 1. The molecule has 0 atom stereocenters. The van der Waals surface area contributed by atoms with Crippen LogP contribution in [0.1, 0.15) is 11.3 Å². The average molecular weight is 270 g/mol. The molecular formula is C14H14N4O2. The minimum Gasteiger partial charge on any atom is -0.453 e. The van der Waals surface area contributed by atoms with Crippen molar-refractivity contribution in [1.82, 2.24) is 15.0 Å². The minimum absolute atomic E-state index is 0.379. The van der Waals surface area contributed by atoms with Gasteiger partial charge in [-0.05, 0) is 29.8 Å². The molecule has 0 bridgehead atoms. The summed E-state index contributed by atoms with van der Waals surface area (Å²) in [5.41, 5.74) is 3.98. The summed E-state index contributed by atoms with van der Waals surface area (Å²) in [6, 6.07) is 9.98. The van der Waals surface area contributed by atoms with Crippen LogP contribution in [0.5, 0.6) is 0 Å². The summed E-state index contributed by atoms with van der Waals surface area (Å²) in [4.78, 5) is 21.6. The number of aromatic amines is 2. The minimum atomic E-state index is -0.546. The van der Waals surface area contributed by atoms with Gasteiger partial charge in [0.25, 0.3) is 0 Å². The predicted octanol–water partition coefficient (Wildman–Crippen LogP) is 2.66. The lowest BCUT2D eigenvalue weighted by Crippen LogP contribution is -2.11. The number of anilines is 1. The molecule has 102 valence electrons. The van der Waals surface area contributed by atoms with E-state index in [0.717, 1.165) is 28.7 Å². The highest BCUT2D eigenvalue weighted by Crippen LogP contribution is 2.18. The Hall–Kier alpha value is -2.76. The summed E-state index contributed by atoms with van der Waals surface area (Å²) in [5.74, 6) is 0.379. The van der Waals surface area contributed by atoms with Crippen LogP contribution < -0.4 is 5.32 Å². The molecule has 0 saturated heterocycles. The number of carbonyl (C=O) groups excluding carboxylic acids is 1. The molecule has 3 N–H and O–H groups in total. The van der Waals surface area contributed by atoms with Gasteiger partial charge in [-0.25, -0.2) is 9.78 Å². The van der Waals surface area contributed by atoms with Crippen molar-refractivity contribution in [2.45, 2.75) is 6.42 Å². The number of amides is 1. The lowest BCUT2D eigenvalue weighted by atomic mass is 10.1. The molecule has 20 heavy (non-hydrogen) atoms. The smallest absolute Gasteiger partial charge is 0.413 e. The molecule has 0 saturated carbocycles. The third kappa shape index (κ3) is 2.49. The van der Waals surface area contributed by atoms with Gasteiger partial charge in [0.2, 0.25) is 5.95 Å². The van der Waals surface area contributed by atoms with E-state index in [2.05, 4.69) is 25.0 Å². The van der Waals surface area contributed by atoms with E-state index in [-0.39, 0.29) is 0 Å². The molecule has 2 aromatic heterocycles. The molecule has 0 aliphatic heterocycles. The molecule has 1 amide bonds. The van der Waals surface area contributed by atoms with Crippen LogP contribution in [-0.4, -0.2) is 28.2 Å². The second kappa shape index (κ2) is 5.08. The molecular weight excluding hydrogens is 256 g/mol. The van der Waals surface area contributed by atoms with Gasteiger partial charge in [-0.15, -0.1) is 0 Å². The Morgan fingerprint density at radius 1 is 1.40 bits per heavy atom. The van der Waals surface area contributed by atoms with Crippen LogP contribution in [-0.2, 0) is 11.2 Å². The summed E-state index contributed by atoms with van der Waals surface area (Å²) < 4.78 is 4.53. The summed E-state index contributed by atoms with van der Waals surface area (Å²) in [7, 11) is 1.31. The summed E-state index contributed by atoms with van der Waals surface area (Å²) in [6.45, 7) is 0. The third-order valence-electron chi connectivity index (χ3n) is 3.01. The van der Waals surface area contributed by atoms with Gasteiger partial charge in [-0.3, -0.25) is 5.32 Å². The molecule has 6 nitrogen and oxygen atoms in total. The first-order valence-corrected chi connectivity index (χ1v) is 6.20. The van der Waals surface area contributed by atoms with Crippen LogP contribution in [0.15, 0.2) is 36.5 Å². The number of nitrogens with one attached hydrogen (secondary N) is 3. The monoisotopic (exact) mass is 270 g/mol. The number of methoxy groups -OCH3 is 1. The van der Waals surface area contributed by atoms with E-state index in [0.29, 0.717) is 5.95 Å². The maximum Gasteiger partial charge on any atom is 0.413 e. The molecule has 0 spiro atoms. The van der Waals surface area contributed by atoms with E-state index in [1.165, 1.54) is 7.11 Å². The van der Waals surface area contributed by atoms with Crippen LogP contribution >= 0.6 is 0 Å². The molecule has 0 aliphatic rings. The van der Waals surface area contributed by atoms with Crippen molar-refractivity contribution in [2.24, 2.45) is 0 Å². The van der Waals surface area contributed by atoms with Gasteiger partial charge in [-0.1, -0.05) is 6.07 Å². The van der Waals surface area contributed by atoms with Crippen LogP contribution in [0.25, 0.3) is 11.0 Å². The Morgan fingerprint density at radius 2 is 2.30 bits per heavy atom. The molecule has 0 fully saturated rings. The fraction of sp³-hybridized carbons (Fsp3) is 0.143. The van der Waals surface area contributed by atoms with Crippen molar-refractivity contribution < 1.29 is 9.53 Å². The van der Waals surface area contributed by atoms with E-state index in [1.807, 2.05) is 36.5 Å². The number of hydrogen-bond acceptors (Lipinski definition) is 3. The number of hydrogen-bond donors (Lipinski definition) is 3. The first kappa shape index (κ1) is 12.3. The molecule has 1 aromatic carbocycles. The lowest BCUT2D eigenvalue weighted by Gasteiger charge is -1.99.